The molecule has 0 spiro atoms. The van der Waals surface area contributed by atoms with Crippen molar-refractivity contribution in [3.05, 3.63) is 48.0 Å². The number of carboxylic acids is 1. The van der Waals surface area contributed by atoms with Crippen molar-refractivity contribution in [1.82, 2.24) is 5.32 Å². The lowest BCUT2D eigenvalue weighted by Gasteiger charge is -2.18. The van der Waals surface area contributed by atoms with Gasteiger partial charge < -0.3 is 19.9 Å². The summed E-state index contributed by atoms with van der Waals surface area (Å²) >= 11 is 0. The van der Waals surface area contributed by atoms with Crippen LogP contribution in [0.1, 0.15) is 19.1 Å². The Labute approximate surface area is 137 Å². The topological polar surface area (TPSA) is 99.8 Å². The average molecular weight is 335 g/mol. The summed E-state index contributed by atoms with van der Waals surface area (Å²) in [7, 11) is 0. The zero-order valence-electron chi connectivity index (χ0n) is 13.1. The van der Waals surface area contributed by atoms with E-state index in [1.807, 2.05) is 0 Å². The first-order valence-electron chi connectivity index (χ1n) is 7.35. The highest BCUT2D eigenvalue weighted by atomic mass is 19.1. The molecule has 2 rings (SSSR count). The van der Waals surface area contributed by atoms with Gasteiger partial charge in [0.05, 0.1) is 12.1 Å². The maximum absolute atomic E-state index is 13.7. The quantitative estimate of drug-likeness (QED) is 0.718. The molecule has 0 bridgehead atoms. The first kappa shape index (κ1) is 17.7. The van der Waals surface area contributed by atoms with E-state index in [1.54, 1.807) is 30.3 Å². The predicted molar refractivity (Wildman–Crippen MR) is 83.7 cm³/mol. The van der Waals surface area contributed by atoms with E-state index in [0.717, 1.165) is 6.92 Å². The fourth-order valence-electron chi connectivity index (χ4n) is 1.99. The van der Waals surface area contributed by atoms with Crippen molar-refractivity contribution < 1.29 is 28.6 Å². The maximum Gasteiger partial charge on any atom is 0.337 e. The van der Waals surface area contributed by atoms with Gasteiger partial charge >= 0.3 is 5.97 Å². The zero-order chi connectivity index (χ0) is 17.7. The van der Waals surface area contributed by atoms with Crippen LogP contribution < -0.4 is 5.32 Å². The summed E-state index contributed by atoms with van der Waals surface area (Å²) < 4.78 is 19.2. The van der Waals surface area contributed by atoms with Gasteiger partial charge in [-0.3, -0.25) is 4.79 Å². The van der Waals surface area contributed by atoms with E-state index in [1.165, 1.54) is 6.07 Å². The van der Waals surface area contributed by atoms with Crippen LogP contribution in [0, 0.1) is 5.82 Å². The van der Waals surface area contributed by atoms with Crippen LogP contribution in [0.15, 0.2) is 40.8 Å². The number of benzene rings is 1. The third-order valence-electron chi connectivity index (χ3n) is 3.49. The van der Waals surface area contributed by atoms with Crippen molar-refractivity contribution in [2.75, 3.05) is 6.54 Å². The SMILES string of the molecule is CC(O)(CNC(=O)CCc1ccc(-c2ccccc2F)o1)C(=O)O. The van der Waals surface area contributed by atoms with E-state index < -0.39 is 23.3 Å². The van der Waals surface area contributed by atoms with Crippen molar-refractivity contribution in [1.29, 1.82) is 0 Å². The van der Waals surface area contributed by atoms with E-state index in [-0.39, 0.29) is 19.4 Å². The summed E-state index contributed by atoms with van der Waals surface area (Å²) in [6, 6.07) is 9.49. The van der Waals surface area contributed by atoms with E-state index in [2.05, 4.69) is 5.32 Å². The minimum Gasteiger partial charge on any atom is -0.479 e. The van der Waals surface area contributed by atoms with E-state index in [0.29, 0.717) is 17.1 Å². The molecule has 1 unspecified atom stereocenters. The molecule has 1 atom stereocenters. The Hall–Kier alpha value is -2.67. The van der Waals surface area contributed by atoms with Crippen molar-refractivity contribution in [3.63, 3.8) is 0 Å². The second kappa shape index (κ2) is 7.27. The molecule has 0 aliphatic heterocycles. The number of hydrogen-bond acceptors (Lipinski definition) is 4. The number of halogens is 1. The molecule has 6 nitrogen and oxygen atoms in total. The fourth-order valence-corrected chi connectivity index (χ4v) is 1.99. The van der Waals surface area contributed by atoms with Gasteiger partial charge in [-0.25, -0.2) is 9.18 Å². The van der Waals surface area contributed by atoms with Crippen LogP contribution in [0.5, 0.6) is 0 Å². The van der Waals surface area contributed by atoms with Crippen molar-refractivity contribution in [2.45, 2.75) is 25.4 Å². The minimum atomic E-state index is -2.02. The second-order valence-electron chi connectivity index (χ2n) is 5.60. The van der Waals surface area contributed by atoms with Gasteiger partial charge in [0.15, 0.2) is 5.60 Å². The molecule has 1 aromatic carbocycles. The normalized spacial score (nSPS) is 13.3. The molecule has 0 aliphatic rings. The Morgan fingerprint density at radius 1 is 1.25 bits per heavy atom. The number of carbonyl (C=O) groups excluding carboxylic acids is 1. The van der Waals surface area contributed by atoms with E-state index in [9.17, 15) is 19.1 Å². The molecule has 0 saturated carbocycles. The van der Waals surface area contributed by atoms with E-state index in [4.69, 9.17) is 9.52 Å². The number of hydrogen-bond donors (Lipinski definition) is 3. The monoisotopic (exact) mass is 335 g/mol. The number of aryl methyl sites for hydroxylation is 1. The third-order valence-corrected chi connectivity index (χ3v) is 3.49. The molecule has 3 N–H and O–H groups in total. The molecule has 24 heavy (non-hydrogen) atoms. The summed E-state index contributed by atoms with van der Waals surface area (Å²) in [5.74, 6) is -1.35. The average Bonchev–Trinajstić information content (AvgIpc) is 3.00. The van der Waals surface area contributed by atoms with Crippen LogP contribution in [-0.2, 0) is 16.0 Å². The molecular weight excluding hydrogens is 317 g/mol. The molecule has 2 aromatic rings. The number of aliphatic carboxylic acids is 1. The fraction of sp³-hybridized carbons (Fsp3) is 0.294. The largest absolute Gasteiger partial charge is 0.479 e. The van der Waals surface area contributed by atoms with Crippen LogP contribution >= 0.6 is 0 Å². The van der Waals surface area contributed by atoms with Crippen LogP contribution in [0.3, 0.4) is 0 Å². The second-order valence-corrected chi connectivity index (χ2v) is 5.60. The van der Waals surface area contributed by atoms with Crippen molar-refractivity contribution >= 4 is 11.9 Å². The van der Waals surface area contributed by atoms with Gasteiger partial charge in [-0.1, -0.05) is 12.1 Å². The maximum atomic E-state index is 13.7. The standard InChI is InChI=1S/C17H18FNO5/c1-17(23,16(21)22)10-19-15(20)9-7-11-6-8-14(24-11)12-4-2-3-5-13(12)18/h2-6,8,23H,7,9-10H2,1H3,(H,19,20)(H,21,22). The molecule has 128 valence electrons. The Morgan fingerprint density at radius 3 is 2.62 bits per heavy atom. The van der Waals surface area contributed by atoms with Crippen LogP contribution in [0.2, 0.25) is 0 Å². The van der Waals surface area contributed by atoms with Crippen LogP contribution in [0.25, 0.3) is 11.3 Å². The van der Waals surface area contributed by atoms with Gasteiger partial charge in [-0.15, -0.1) is 0 Å². The number of aliphatic hydroxyl groups is 1. The summed E-state index contributed by atoms with van der Waals surface area (Å²) in [6.07, 6.45) is 0.329. The Kier molecular flexibility index (Phi) is 5.35. The highest BCUT2D eigenvalue weighted by molar-refractivity contribution is 5.80. The summed E-state index contributed by atoms with van der Waals surface area (Å²) in [5, 5.41) is 20.6. The number of rotatable bonds is 7. The molecule has 1 amide bonds. The number of furan rings is 1. The van der Waals surface area contributed by atoms with Gasteiger partial charge in [0.2, 0.25) is 5.91 Å². The molecule has 0 fully saturated rings. The molecule has 0 radical (unpaired) electrons. The molecule has 0 aliphatic carbocycles. The number of amides is 1. The smallest absolute Gasteiger partial charge is 0.337 e. The first-order valence-corrected chi connectivity index (χ1v) is 7.35. The lowest BCUT2D eigenvalue weighted by Crippen LogP contribution is -2.46. The third kappa shape index (κ3) is 4.42. The Balaban J connectivity index is 1.88. The molecule has 7 heteroatoms. The van der Waals surface area contributed by atoms with Crippen LogP contribution in [-0.4, -0.2) is 34.2 Å². The summed E-state index contributed by atoms with van der Waals surface area (Å²) in [5.41, 5.74) is -1.68. The van der Waals surface area contributed by atoms with Crippen LogP contribution in [0.4, 0.5) is 4.39 Å². The Bertz CT molecular complexity index is 738. The van der Waals surface area contributed by atoms with Gasteiger partial charge in [-0.05, 0) is 31.2 Å². The zero-order valence-corrected chi connectivity index (χ0v) is 13.1. The number of carboxylic acid groups (broad SMARTS) is 1. The molecule has 1 heterocycles. The van der Waals surface area contributed by atoms with Gasteiger partial charge in [-0.2, -0.15) is 0 Å². The molecule has 0 saturated heterocycles. The predicted octanol–water partition coefficient (Wildman–Crippen LogP) is 1.97. The van der Waals surface area contributed by atoms with Gasteiger partial charge in [0, 0.05) is 12.8 Å². The summed E-state index contributed by atoms with van der Waals surface area (Å²) in [4.78, 5) is 22.4. The first-order chi connectivity index (χ1) is 11.3. The highest BCUT2D eigenvalue weighted by Crippen LogP contribution is 2.25. The highest BCUT2D eigenvalue weighted by Gasteiger charge is 2.30. The summed E-state index contributed by atoms with van der Waals surface area (Å²) in [6.45, 7) is 0.711. The lowest BCUT2D eigenvalue weighted by molar-refractivity contribution is -0.156. The van der Waals surface area contributed by atoms with Crippen molar-refractivity contribution in [3.8, 4) is 11.3 Å². The van der Waals surface area contributed by atoms with Crippen molar-refractivity contribution in [2.24, 2.45) is 0 Å². The minimum absolute atomic E-state index is 0.0555. The number of nitrogens with one attached hydrogen (secondary N) is 1. The van der Waals surface area contributed by atoms with Gasteiger partial charge in [0.1, 0.15) is 17.3 Å². The molecular formula is C17H18FNO5. The number of carbonyl (C=O) groups is 2. The van der Waals surface area contributed by atoms with E-state index >= 15 is 0 Å². The Morgan fingerprint density at radius 2 is 1.96 bits per heavy atom. The molecule has 1 aromatic heterocycles. The van der Waals surface area contributed by atoms with Gasteiger partial charge in [0.25, 0.3) is 0 Å². The lowest BCUT2D eigenvalue weighted by atomic mass is 10.1.